The first-order valence-electron chi connectivity index (χ1n) is 6.49. The number of carbonyl (C=O) groups is 1. The molecule has 1 saturated carbocycles. The molecule has 0 spiro atoms. The van der Waals surface area contributed by atoms with Crippen molar-refractivity contribution in [3.63, 3.8) is 0 Å². The molecular formula is C14H21N3O. The number of hydrogen-bond acceptors (Lipinski definition) is 2. The molecule has 1 aliphatic carbocycles. The van der Waals surface area contributed by atoms with Crippen molar-refractivity contribution in [3.05, 3.63) is 24.3 Å². The van der Waals surface area contributed by atoms with Gasteiger partial charge in [0.25, 0.3) is 0 Å². The molecule has 0 radical (unpaired) electrons. The number of carbonyl (C=O) groups excluding carboxylic acids is 1. The Morgan fingerprint density at radius 3 is 2.72 bits per heavy atom. The van der Waals surface area contributed by atoms with Crippen LogP contribution >= 0.6 is 0 Å². The van der Waals surface area contributed by atoms with Gasteiger partial charge in [0.2, 0.25) is 0 Å². The lowest BCUT2D eigenvalue weighted by molar-refractivity contribution is 0.244. The van der Waals surface area contributed by atoms with Gasteiger partial charge in [-0.1, -0.05) is 19.9 Å². The average Bonchev–Trinajstić information content (AvgIpc) is 2.61. The molecule has 4 nitrogen and oxygen atoms in total. The van der Waals surface area contributed by atoms with Crippen LogP contribution in [0.2, 0.25) is 0 Å². The van der Waals surface area contributed by atoms with Crippen molar-refractivity contribution in [1.29, 1.82) is 0 Å². The van der Waals surface area contributed by atoms with Crippen molar-refractivity contribution in [1.82, 2.24) is 5.32 Å². The van der Waals surface area contributed by atoms with E-state index in [9.17, 15) is 4.79 Å². The Bertz CT molecular complexity index is 433. The Hall–Kier alpha value is -1.71. The minimum Gasteiger partial charge on any atom is -0.399 e. The second-order valence-electron chi connectivity index (χ2n) is 5.24. The van der Waals surface area contributed by atoms with Crippen molar-refractivity contribution in [3.8, 4) is 0 Å². The highest BCUT2D eigenvalue weighted by atomic mass is 16.2. The van der Waals surface area contributed by atoms with Gasteiger partial charge in [-0.15, -0.1) is 0 Å². The Balaban J connectivity index is 1.89. The summed E-state index contributed by atoms with van der Waals surface area (Å²) in [5, 5.41) is 5.85. The van der Waals surface area contributed by atoms with E-state index in [0.29, 0.717) is 17.5 Å². The maximum atomic E-state index is 11.9. The minimum absolute atomic E-state index is 0.147. The molecule has 0 bridgehead atoms. The highest BCUT2D eigenvalue weighted by Crippen LogP contribution is 2.31. The quantitative estimate of drug-likeness (QED) is 0.703. The second kappa shape index (κ2) is 5.29. The smallest absolute Gasteiger partial charge is 0.319 e. The van der Waals surface area contributed by atoms with E-state index >= 15 is 0 Å². The largest absolute Gasteiger partial charge is 0.399 e. The van der Waals surface area contributed by atoms with Gasteiger partial charge in [0.1, 0.15) is 0 Å². The highest BCUT2D eigenvalue weighted by molar-refractivity contribution is 5.89. The van der Waals surface area contributed by atoms with Crippen LogP contribution < -0.4 is 16.4 Å². The fourth-order valence-electron chi connectivity index (χ4n) is 2.52. The third-order valence-electron chi connectivity index (χ3n) is 3.93. The minimum atomic E-state index is -0.147. The lowest BCUT2D eigenvalue weighted by Crippen LogP contribution is -2.40. The first kappa shape index (κ1) is 12.7. The van der Waals surface area contributed by atoms with Gasteiger partial charge in [-0.05, 0) is 42.9 Å². The van der Waals surface area contributed by atoms with E-state index in [1.165, 1.54) is 6.42 Å². The maximum absolute atomic E-state index is 11.9. The van der Waals surface area contributed by atoms with Gasteiger partial charge in [-0.3, -0.25) is 0 Å². The van der Waals surface area contributed by atoms with E-state index in [2.05, 4.69) is 24.5 Å². The van der Waals surface area contributed by atoms with Gasteiger partial charge in [0.15, 0.2) is 0 Å². The molecule has 1 aliphatic rings. The number of nitrogens with two attached hydrogens (primary N) is 1. The van der Waals surface area contributed by atoms with Crippen LogP contribution in [0.1, 0.15) is 26.7 Å². The summed E-state index contributed by atoms with van der Waals surface area (Å²) < 4.78 is 0. The summed E-state index contributed by atoms with van der Waals surface area (Å²) in [6.45, 7) is 4.44. The van der Waals surface area contributed by atoms with Crippen molar-refractivity contribution in [2.24, 2.45) is 11.8 Å². The Morgan fingerprint density at radius 2 is 2.11 bits per heavy atom. The Labute approximate surface area is 108 Å². The van der Waals surface area contributed by atoms with Crippen LogP contribution in [0.5, 0.6) is 0 Å². The standard InChI is InChI=1S/C14H21N3O/c1-9-6-7-13(10(9)2)17-14(18)16-12-5-3-4-11(15)8-12/h3-5,8-10,13H,6-7,15H2,1-2H3,(H2,16,17,18). The lowest BCUT2D eigenvalue weighted by atomic mass is 9.98. The summed E-state index contributed by atoms with van der Waals surface area (Å²) >= 11 is 0. The number of nitrogens with one attached hydrogen (secondary N) is 2. The summed E-state index contributed by atoms with van der Waals surface area (Å²) in [6, 6.07) is 7.33. The van der Waals surface area contributed by atoms with E-state index < -0.39 is 0 Å². The molecule has 3 unspecified atom stereocenters. The van der Waals surface area contributed by atoms with E-state index in [1.807, 2.05) is 12.1 Å². The van der Waals surface area contributed by atoms with E-state index in [4.69, 9.17) is 5.73 Å². The molecule has 2 amide bonds. The Morgan fingerprint density at radius 1 is 1.33 bits per heavy atom. The summed E-state index contributed by atoms with van der Waals surface area (Å²) in [7, 11) is 0. The molecule has 1 aromatic carbocycles. The maximum Gasteiger partial charge on any atom is 0.319 e. The van der Waals surface area contributed by atoms with Gasteiger partial charge >= 0.3 is 6.03 Å². The number of benzene rings is 1. The Kier molecular flexibility index (Phi) is 3.75. The normalized spacial score (nSPS) is 26.9. The third-order valence-corrected chi connectivity index (χ3v) is 3.93. The second-order valence-corrected chi connectivity index (χ2v) is 5.24. The first-order chi connectivity index (χ1) is 8.56. The van der Waals surface area contributed by atoms with Gasteiger partial charge in [-0.2, -0.15) is 0 Å². The summed E-state index contributed by atoms with van der Waals surface area (Å²) in [5.74, 6) is 1.22. The van der Waals surface area contributed by atoms with E-state index in [1.54, 1.807) is 12.1 Å². The zero-order valence-electron chi connectivity index (χ0n) is 10.9. The SMILES string of the molecule is CC1CCC(NC(=O)Nc2cccc(N)c2)C1C. The van der Waals surface area contributed by atoms with Crippen molar-refractivity contribution in [2.75, 3.05) is 11.1 Å². The van der Waals surface area contributed by atoms with Crippen molar-refractivity contribution in [2.45, 2.75) is 32.7 Å². The number of rotatable bonds is 2. The molecule has 1 fully saturated rings. The summed E-state index contributed by atoms with van der Waals surface area (Å²) in [6.07, 6.45) is 2.25. The molecule has 18 heavy (non-hydrogen) atoms. The predicted molar refractivity (Wildman–Crippen MR) is 74.4 cm³/mol. The number of hydrogen-bond donors (Lipinski definition) is 3. The molecule has 0 aromatic heterocycles. The van der Waals surface area contributed by atoms with Crippen molar-refractivity contribution < 1.29 is 4.79 Å². The summed E-state index contributed by atoms with van der Waals surface area (Å²) in [5.41, 5.74) is 7.04. The molecule has 98 valence electrons. The van der Waals surface area contributed by atoms with E-state index in [-0.39, 0.29) is 12.1 Å². The predicted octanol–water partition coefficient (Wildman–Crippen LogP) is 2.82. The number of nitrogen functional groups attached to an aromatic ring is 1. The molecule has 2 rings (SSSR count). The number of anilines is 2. The summed E-state index contributed by atoms with van der Waals surface area (Å²) in [4.78, 5) is 11.9. The van der Waals surface area contributed by atoms with Crippen LogP contribution in [0.25, 0.3) is 0 Å². The molecule has 4 heteroatoms. The van der Waals surface area contributed by atoms with Gasteiger partial charge in [-0.25, -0.2) is 4.79 Å². The molecule has 0 aliphatic heterocycles. The van der Waals surface area contributed by atoms with Gasteiger partial charge in [0, 0.05) is 17.4 Å². The number of amides is 2. The zero-order valence-corrected chi connectivity index (χ0v) is 10.9. The molecule has 1 aromatic rings. The number of urea groups is 1. The monoisotopic (exact) mass is 247 g/mol. The van der Waals surface area contributed by atoms with Crippen LogP contribution in [0.4, 0.5) is 16.2 Å². The van der Waals surface area contributed by atoms with E-state index in [0.717, 1.165) is 12.1 Å². The zero-order chi connectivity index (χ0) is 13.1. The van der Waals surface area contributed by atoms with Crippen LogP contribution in [0, 0.1) is 11.8 Å². The topological polar surface area (TPSA) is 67.2 Å². The third kappa shape index (κ3) is 2.94. The van der Waals surface area contributed by atoms with Gasteiger partial charge in [0.05, 0.1) is 0 Å². The van der Waals surface area contributed by atoms with Crippen LogP contribution in [-0.4, -0.2) is 12.1 Å². The molecule has 4 N–H and O–H groups in total. The van der Waals surface area contributed by atoms with Gasteiger partial charge < -0.3 is 16.4 Å². The van der Waals surface area contributed by atoms with Crippen LogP contribution in [0.15, 0.2) is 24.3 Å². The van der Waals surface area contributed by atoms with Crippen LogP contribution in [0.3, 0.4) is 0 Å². The average molecular weight is 247 g/mol. The molecule has 3 atom stereocenters. The fraction of sp³-hybridized carbons (Fsp3) is 0.500. The highest BCUT2D eigenvalue weighted by Gasteiger charge is 2.30. The van der Waals surface area contributed by atoms with Crippen molar-refractivity contribution >= 4 is 17.4 Å². The first-order valence-corrected chi connectivity index (χ1v) is 6.49. The fourth-order valence-corrected chi connectivity index (χ4v) is 2.52. The molecular weight excluding hydrogens is 226 g/mol. The lowest BCUT2D eigenvalue weighted by Gasteiger charge is -2.20. The molecule has 0 saturated heterocycles. The molecule has 0 heterocycles. The van der Waals surface area contributed by atoms with Crippen LogP contribution in [-0.2, 0) is 0 Å².